The summed E-state index contributed by atoms with van der Waals surface area (Å²) < 4.78 is 0. The predicted molar refractivity (Wildman–Crippen MR) is 106 cm³/mol. The van der Waals surface area contributed by atoms with Gasteiger partial charge in [0, 0.05) is 13.0 Å². The molecule has 27 heavy (non-hydrogen) atoms. The summed E-state index contributed by atoms with van der Waals surface area (Å²) in [4.78, 5) is 31.2. The van der Waals surface area contributed by atoms with Gasteiger partial charge in [-0.15, -0.1) is 0 Å². The Bertz CT molecular complexity index is 854. The number of rotatable bonds is 4. The van der Waals surface area contributed by atoms with Crippen LogP contribution >= 0.6 is 0 Å². The van der Waals surface area contributed by atoms with Crippen LogP contribution in [0.5, 0.6) is 0 Å². The minimum atomic E-state index is -0.475. The molecule has 2 fully saturated rings. The number of benzene rings is 1. The molecule has 5 heteroatoms. The highest BCUT2D eigenvalue weighted by Gasteiger charge is 2.42. The first kappa shape index (κ1) is 17.7. The topological polar surface area (TPSA) is 62.3 Å². The predicted octanol–water partition coefficient (Wildman–Crippen LogP) is 3.97. The van der Waals surface area contributed by atoms with E-state index in [1.807, 2.05) is 12.1 Å². The van der Waals surface area contributed by atoms with Crippen molar-refractivity contribution < 1.29 is 9.59 Å². The summed E-state index contributed by atoms with van der Waals surface area (Å²) in [5, 5.41) is 3.02. The van der Waals surface area contributed by atoms with Crippen LogP contribution in [-0.2, 0) is 15.0 Å². The van der Waals surface area contributed by atoms with Crippen molar-refractivity contribution in [1.82, 2.24) is 4.98 Å². The summed E-state index contributed by atoms with van der Waals surface area (Å²) >= 11 is 0. The molecule has 2 aliphatic rings. The molecule has 2 aromatic rings. The molecule has 4 rings (SSSR count). The Kier molecular flexibility index (Phi) is 4.68. The van der Waals surface area contributed by atoms with Crippen LogP contribution in [0.25, 0.3) is 0 Å². The zero-order chi connectivity index (χ0) is 18.9. The van der Waals surface area contributed by atoms with Gasteiger partial charge in [-0.05, 0) is 43.9 Å². The monoisotopic (exact) mass is 363 g/mol. The van der Waals surface area contributed by atoms with E-state index in [1.54, 1.807) is 17.2 Å². The Labute approximate surface area is 159 Å². The summed E-state index contributed by atoms with van der Waals surface area (Å²) in [6.07, 6.45) is 7.00. The van der Waals surface area contributed by atoms with Gasteiger partial charge in [-0.3, -0.25) is 9.59 Å². The maximum atomic E-state index is 13.2. The molecule has 0 bridgehead atoms. The first-order valence-corrected chi connectivity index (χ1v) is 9.73. The number of anilines is 2. The van der Waals surface area contributed by atoms with E-state index in [1.165, 1.54) is 5.56 Å². The smallest absolute Gasteiger partial charge is 0.236 e. The largest absolute Gasteiger partial charge is 0.311 e. The summed E-state index contributed by atoms with van der Waals surface area (Å²) in [5.74, 6) is 0.690. The Morgan fingerprint density at radius 2 is 1.96 bits per heavy atom. The van der Waals surface area contributed by atoms with Gasteiger partial charge < -0.3 is 10.2 Å². The fourth-order valence-electron chi connectivity index (χ4n) is 4.34. The Balaban J connectivity index is 1.54. The van der Waals surface area contributed by atoms with Gasteiger partial charge in [-0.25, -0.2) is 4.98 Å². The summed E-state index contributed by atoms with van der Waals surface area (Å²) in [6, 6.07) is 11.9. The third-order valence-corrected chi connectivity index (χ3v) is 5.84. The highest BCUT2D eigenvalue weighted by atomic mass is 16.2. The van der Waals surface area contributed by atoms with Gasteiger partial charge in [0.15, 0.2) is 0 Å². The number of amides is 2. The van der Waals surface area contributed by atoms with Gasteiger partial charge in [-0.2, -0.15) is 0 Å². The molecular formula is C22H25N3O2. The second-order valence-corrected chi connectivity index (χ2v) is 7.66. The van der Waals surface area contributed by atoms with Crippen LogP contribution in [-0.4, -0.2) is 23.3 Å². The molecule has 2 amide bonds. The number of carbonyl (C=O) groups excluding carboxylic acids is 2. The molecule has 5 nitrogen and oxygen atoms in total. The number of hydrogen-bond acceptors (Lipinski definition) is 3. The van der Waals surface area contributed by atoms with Crippen molar-refractivity contribution in [2.45, 2.75) is 50.9 Å². The minimum Gasteiger partial charge on any atom is -0.311 e. The lowest BCUT2D eigenvalue weighted by Crippen LogP contribution is -2.38. The number of aryl methyl sites for hydroxylation is 1. The average Bonchev–Trinajstić information content (AvgIpc) is 3.32. The first-order chi connectivity index (χ1) is 13.1. The Hall–Kier alpha value is -2.69. The summed E-state index contributed by atoms with van der Waals surface area (Å²) in [6.45, 7) is 2.80. The maximum absolute atomic E-state index is 13.2. The number of pyridine rings is 1. The molecular weight excluding hydrogens is 338 g/mol. The van der Waals surface area contributed by atoms with Crippen molar-refractivity contribution in [3.05, 3.63) is 53.7 Å². The second kappa shape index (κ2) is 7.14. The lowest BCUT2D eigenvalue weighted by Gasteiger charge is -2.28. The van der Waals surface area contributed by atoms with Gasteiger partial charge in [0.25, 0.3) is 0 Å². The highest BCUT2D eigenvalue weighted by molar-refractivity contribution is 5.99. The lowest BCUT2D eigenvalue weighted by atomic mass is 9.77. The number of hydrogen-bond donors (Lipinski definition) is 1. The zero-order valence-corrected chi connectivity index (χ0v) is 15.7. The van der Waals surface area contributed by atoms with Crippen LogP contribution in [0.4, 0.5) is 11.5 Å². The molecule has 1 N–H and O–H groups in total. The molecule has 1 aromatic carbocycles. The van der Waals surface area contributed by atoms with Gasteiger partial charge >= 0.3 is 0 Å². The molecule has 0 atom stereocenters. The van der Waals surface area contributed by atoms with E-state index in [-0.39, 0.29) is 11.8 Å². The van der Waals surface area contributed by atoms with E-state index in [4.69, 9.17) is 0 Å². The van der Waals surface area contributed by atoms with Crippen molar-refractivity contribution >= 4 is 23.3 Å². The van der Waals surface area contributed by atoms with Gasteiger partial charge in [0.05, 0.1) is 17.3 Å². The molecule has 1 aromatic heterocycles. The van der Waals surface area contributed by atoms with Gasteiger partial charge in [0.1, 0.15) is 5.82 Å². The van der Waals surface area contributed by atoms with Crippen LogP contribution in [0.1, 0.15) is 49.7 Å². The molecule has 1 saturated heterocycles. The van der Waals surface area contributed by atoms with E-state index >= 15 is 0 Å². The Morgan fingerprint density at radius 3 is 2.59 bits per heavy atom. The van der Waals surface area contributed by atoms with E-state index < -0.39 is 5.41 Å². The fourth-order valence-corrected chi connectivity index (χ4v) is 4.34. The van der Waals surface area contributed by atoms with E-state index in [0.717, 1.165) is 49.9 Å². The lowest BCUT2D eigenvalue weighted by molar-refractivity contribution is -0.121. The van der Waals surface area contributed by atoms with Crippen LogP contribution in [0, 0.1) is 6.92 Å². The summed E-state index contributed by atoms with van der Waals surface area (Å²) in [7, 11) is 0. The van der Waals surface area contributed by atoms with E-state index in [2.05, 4.69) is 35.4 Å². The third kappa shape index (κ3) is 3.34. The van der Waals surface area contributed by atoms with Gasteiger partial charge in [-0.1, -0.05) is 42.7 Å². The number of carbonyl (C=O) groups is 2. The molecule has 1 saturated carbocycles. The zero-order valence-electron chi connectivity index (χ0n) is 15.7. The molecule has 0 unspecified atom stereocenters. The maximum Gasteiger partial charge on any atom is 0.236 e. The molecule has 0 spiro atoms. The number of aromatic nitrogens is 1. The third-order valence-electron chi connectivity index (χ3n) is 5.84. The fraction of sp³-hybridized carbons (Fsp3) is 0.409. The van der Waals surface area contributed by atoms with Crippen molar-refractivity contribution in [3.8, 4) is 0 Å². The molecule has 1 aliphatic carbocycles. The molecule has 1 aliphatic heterocycles. The van der Waals surface area contributed by atoms with Crippen molar-refractivity contribution in [2.75, 3.05) is 16.8 Å². The molecule has 140 valence electrons. The van der Waals surface area contributed by atoms with E-state index in [9.17, 15) is 9.59 Å². The highest BCUT2D eigenvalue weighted by Crippen LogP contribution is 2.42. The van der Waals surface area contributed by atoms with Crippen LogP contribution in [0.3, 0.4) is 0 Å². The van der Waals surface area contributed by atoms with Crippen molar-refractivity contribution in [1.29, 1.82) is 0 Å². The number of nitrogens with one attached hydrogen (secondary N) is 1. The second-order valence-electron chi connectivity index (χ2n) is 7.66. The average molecular weight is 363 g/mol. The quantitative estimate of drug-likeness (QED) is 0.894. The van der Waals surface area contributed by atoms with Crippen molar-refractivity contribution in [2.24, 2.45) is 0 Å². The van der Waals surface area contributed by atoms with Crippen molar-refractivity contribution in [3.63, 3.8) is 0 Å². The normalized spacial score (nSPS) is 18.7. The van der Waals surface area contributed by atoms with E-state index in [0.29, 0.717) is 12.2 Å². The van der Waals surface area contributed by atoms with Gasteiger partial charge in [0.2, 0.25) is 11.8 Å². The summed E-state index contributed by atoms with van der Waals surface area (Å²) in [5.41, 5.74) is 2.59. The van der Waals surface area contributed by atoms with Crippen LogP contribution < -0.4 is 10.2 Å². The van der Waals surface area contributed by atoms with Crippen LogP contribution in [0.15, 0.2) is 42.6 Å². The standard InChI is InChI=1S/C22H25N3O2/c1-16-6-4-7-17(14-16)22(11-2-3-12-22)21(27)24-19-10-9-18(15-23-19)25-13-5-8-20(25)26/h4,6-7,9-10,14-15H,2-3,5,8,11-13H2,1H3,(H,23,24,27). The Morgan fingerprint density at radius 1 is 1.15 bits per heavy atom. The first-order valence-electron chi connectivity index (χ1n) is 9.73. The molecule has 2 heterocycles. The molecule has 0 radical (unpaired) electrons. The van der Waals surface area contributed by atoms with Crippen LogP contribution in [0.2, 0.25) is 0 Å². The number of nitrogens with zero attached hydrogens (tertiary/aromatic N) is 2. The SMILES string of the molecule is Cc1cccc(C2(C(=O)Nc3ccc(N4CCCC4=O)cn3)CCCC2)c1. The minimum absolute atomic E-state index is 0.0168.